The molecule has 0 atom stereocenters. The lowest BCUT2D eigenvalue weighted by molar-refractivity contribution is 0.0599. The van der Waals surface area contributed by atoms with Gasteiger partial charge in [-0.05, 0) is 25.0 Å². The molecule has 1 aromatic rings. The molecule has 0 radical (unpaired) electrons. The van der Waals surface area contributed by atoms with E-state index in [1.54, 1.807) is 26.4 Å². The Bertz CT molecular complexity index is 426. The molecule has 1 rings (SSSR count). The molecule has 0 unspecified atom stereocenters. The molecule has 0 bridgehead atoms. The van der Waals surface area contributed by atoms with Gasteiger partial charge in [-0.2, -0.15) is 0 Å². The van der Waals surface area contributed by atoms with Crippen LogP contribution in [0.3, 0.4) is 0 Å². The summed E-state index contributed by atoms with van der Waals surface area (Å²) in [7, 11) is 4.56. The van der Waals surface area contributed by atoms with Gasteiger partial charge in [0.05, 0.1) is 26.9 Å². The quantitative estimate of drug-likeness (QED) is 0.561. The van der Waals surface area contributed by atoms with Gasteiger partial charge < -0.3 is 14.2 Å². The molecule has 4 heteroatoms. The molecule has 0 saturated heterocycles. The molecule has 0 aromatic heterocycles. The van der Waals surface area contributed by atoms with E-state index < -0.39 is 0 Å². The minimum absolute atomic E-state index is 0.340. The van der Waals surface area contributed by atoms with Crippen LogP contribution in [0, 0.1) is 0 Å². The molecule has 0 spiro atoms. The van der Waals surface area contributed by atoms with Crippen molar-refractivity contribution in [3.8, 4) is 11.5 Å². The largest absolute Gasteiger partial charge is 0.493 e. The van der Waals surface area contributed by atoms with Crippen molar-refractivity contribution in [1.82, 2.24) is 0 Å². The fourth-order valence-corrected chi connectivity index (χ4v) is 2.09. The van der Waals surface area contributed by atoms with Crippen LogP contribution in [0.25, 0.3) is 0 Å². The fraction of sp³-hybridized carbons (Fsp3) is 0.533. The molecule has 0 aliphatic heterocycles. The average molecular weight is 266 g/mol. The van der Waals surface area contributed by atoms with Crippen molar-refractivity contribution in [1.29, 1.82) is 0 Å². The average Bonchev–Trinajstić information content (AvgIpc) is 2.45. The lowest BCUT2D eigenvalue weighted by Gasteiger charge is -2.15. The molecule has 0 N–H and O–H groups in total. The van der Waals surface area contributed by atoms with E-state index in [9.17, 15) is 4.79 Å². The lowest BCUT2D eigenvalue weighted by atomic mass is 9.99. The van der Waals surface area contributed by atoms with Crippen LogP contribution in [0.5, 0.6) is 11.5 Å². The van der Waals surface area contributed by atoms with E-state index in [4.69, 9.17) is 14.2 Å². The molecule has 0 aliphatic rings. The zero-order valence-electron chi connectivity index (χ0n) is 12.1. The first-order valence-corrected chi connectivity index (χ1v) is 6.51. The van der Waals surface area contributed by atoms with Crippen molar-refractivity contribution in [2.45, 2.75) is 32.6 Å². The molecule has 19 heavy (non-hydrogen) atoms. The topological polar surface area (TPSA) is 44.8 Å². The smallest absolute Gasteiger partial charge is 0.338 e. The van der Waals surface area contributed by atoms with Crippen molar-refractivity contribution in [3.05, 3.63) is 23.3 Å². The number of carbonyl (C=O) groups excluding carboxylic acids is 1. The normalized spacial score (nSPS) is 10.1. The van der Waals surface area contributed by atoms with Crippen molar-refractivity contribution >= 4 is 5.97 Å². The highest BCUT2D eigenvalue weighted by Crippen LogP contribution is 2.34. The maximum absolute atomic E-state index is 11.8. The molecule has 0 aliphatic carbocycles. The predicted octanol–water partition coefficient (Wildman–Crippen LogP) is 3.22. The highest BCUT2D eigenvalue weighted by molar-refractivity contribution is 5.92. The summed E-state index contributed by atoms with van der Waals surface area (Å²) in [5.41, 5.74) is 1.42. The van der Waals surface area contributed by atoms with E-state index >= 15 is 0 Å². The molecular weight excluding hydrogens is 244 g/mol. The highest BCUT2D eigenvalue weighted by Gasteiger charge is 2.19. The van der Waals surface area contributed by atoms with Gasteiger partial charge in [0.2, 0.25) is 0 Å². The van der Waals surface area contributed by atoms with Crippen LogP contribution in [0.2, 0.25) is 0 Å². The summed E-state index contributed by atoms with van der Waals surface area (Å²) < 4.78 is 15.5. The van der Waals surface area contributed by atoms with Gasteiger partial charge in [0.1, 0.15) is 0 Å². The van der Waals surface area contributed by atoms with Gasteiger partial charge in [-0.1, -0.05) is 19.8 Å². The number of rotatable bonds is 7. The van der Waals surface area contributed by atoms with Crippen LogP contribution in [0.15, 0.2) is 12.1 Å². The molecule has 1 aromatic carbocycles. The minimum atomic E-state index is -0.340. The number of methoxy groups -OCH3 is 3. The Morgan fingerprint density at radius 3 is 2.37 bits per heavy atom. The summed E-state index contributed by atoms with van der Waals surface area (Å²) in [4.78, 5) is 11.8. The zero-order valence-corrected chi connectivity index (χ0v) is 12.1. The first kappa shape index (κ1) is 15.3. The summed E-state index contributed by atoms with van der Waals surface area (Å²) in [6, 6.07) is 3.46. The lowest BCUT2D eigenvalue weighted by Crippen LogP contribution is -2.08. The van der Waals surface area contributed by atoms with Crippen molar-refractivity contribution in [2.24, 2.45) is 0 Å². The maximum Gasteiger partial charge on any atom is 0.338 e. The van der Waals surface area contributed by atoms with E-state index in [1.165, 1.54) is 7.11 Å². The third-order valence-electron chi connectivity index (χ3n) is 3.08. The van der Waals surface area contributed by atoms with Gasteiger partial charge >= 0.3 is 5.97 Å². The van der Waals surface area contributed by atoms with Crippen molar-refractivity contribution in [2.75, 3.05) is 21.3 Å². The van der Waals surface area contributed by atoms with Crippen LogP contribution < -0.4 is 9.47 Å². The monoisotopic (exact) mass is 266 g/mol. The Morgan fingerprint density at radius 1 is 1.11 bits per heavy atom. The summed E-state index contributed by atoms with van der Waals surface area (Å²) in [5.74, 6) is 0.926. The van der Waals surface area contributed by atoms with Gasteiger partial charge in [0.15, 0.2) is 11.5 Å². The number of hydrogen-bond donors (Lipinski definition) is 0. The molecule has 4 nitrogen and oxygen atoms in total. The van der Waals surface area contributed by atoms with Crippen LogP contribution in [0.4, 0.5) is 0 Å². The highest BCUT2D eigenvalue weighted by atomic mass is 16.5. The van der Waals surface area contributed by atoms with Gasteiger partial charge in [-0.3, -0.25) is 0 Å². The second-order valence-corrected chi connectivity index (χ2v) is 4.28. The Morgan fingerprint density at radius 2 is 1.84 bits per heavy atom. The number of carbonyl (C=O) groups is 1. The third-order valence-corrected chi connectivity index (χ3v) is 3.08. The molecular formula is C15H22O4. The number of unbranched alkanes of at least 4 members (excludes halogenated alkanes) is 2. The number of ether oxygens (including phenoxy) is 3. The van der Waals surface area contributed by atoms with Gasteiger partial charge in [0, 0.05) is 5.56 Å². The SMILES string of the molecule is CCCCCc1c(C(=O)OC)ccc(OC)c1OC. The van der Waals surface area contributed by atoms with Crippen molar-refractivity contribution < 1.29 is 19.0 Å². The van der Waals surface area contributed by atoms with Gasteiger partial charge in [-0.15, -0.1) is 0 Å². The summed E-state index contributed by atoms with van der Waals surface area (Å²) in [6.07, 6.45) is 4.02. The molecule has 0 fully saturated rings. The third kappa shape index (κ3) is 3.63. The Labute approximate surface area is 114 Å². The first-order chi connectivity index (χ1) is 9.19. The Balaban J connectivity index is 3.19. The van der Waals surface area contributed by atoms with E-state index in [2.05, 4.69) is 6.92 Å². The Hall–Kier alpha value is -1.71. The number of hydrogen-bond acceptors (Lipinski definition) is 4. The minimum Gasteiger partial charge on any atom is -0.493 e. The predicted molar refractivity (Wildman–Crippen MR) is 74.1 cm³/mol. The first-order valence-electron chi connectivity index (χ1n) is 6.51. The molecule has 0 heterocycles. The summed E-state index contributed by atoms with van der Waals surface area (Å²) in [5, 5.41) is 0. The fourth-order valence-electron chi connectivity index (χ4n) is 2.09. The summed E-state index contributed by atoms with van der Waals surface area (Å²) >= 11 is 0. The second kappa shape index (κ2) is 7.67. The zero-order chi connectivity index (χ0) is 14.3. The van der Waals surface area contributed by atoms with Gasteiger partial charge in [0.25, 0.3) is 0 Å². The Kier molecular flexibility index (Phi) is 6.19. The van der Waals surface area contributed by atoms with E-state index in [1.807, 2.05) is 0 Å². The van der Waals surface area contributed by atoms with E-state index in [0.717, 1.165) is 31.2 Å². The second-order valence-electron chi connectivity index (χ2n) is 4.28. The maximum atomic E-state index is 11.8. The van der Waals surface area contributed by atoms with Crippen LogP contribution >= 0.6 is 0 Å². The number of benzene rings is 1. The van der Waals surface area contributed by atoms with Crippen LogP contribution in [-0.2, 0) is 11.2 Å². The van der Waals surface area contributed by atoms with E-state index in [0.29, 0.717) is 17.1 Å². The van der Waals surface area contributed by atoms with Crippen molar-refractivity contribution in [3.63, 3.8) is 0 Å². The molecule has 0 saturated carbocycles. The van der Waals surface area contributed by atoms with E-state index in [-0.39, 0.29) is 5.97 Å². The summed E-state index contributed by atoms with van der Waals surface area (Å²) in [6.45, 7) is 2.14. The standard InChI is InChI=1S/C15H22O4/c1-5-6-7-8-11-12(15(16)19-4)9-10-13(17-2)14(11)18-3/h9-10H,5-8H2,1-4H3. The molecule has 0 amide bonds. The number of esters is 1. The molecule has 106 valence electrons. The van der Waals surface area contributed by atoms with Crippen LogP contribution in [-0.4, -0.2) is 27.3 Å². The van der Waals surface area contributed by atoms with Gasteiger partial charge in [-0.25, -0.2) is 4.79 Å². The van der Waals surface area contributed by atoms with Crippen LogP contribution in [0.1, 0.15) is 42.1 Å².